The first kappa shape index (κ1) is 20.6. The number of carbonyl (C=O) groups excluding carboxylic acids is 1. The van der Waals surface area contributed by atoms with Crippen LogP contribution in [-0.2, 0) is 6.54 Å². The third-order valence-corrected chi connectivity index (χ3v) is 6.53. The second kappa shape index (κ2) is 8.97. The van der Waals surface area contributed by atoms with Gasteiger partial charge in [0.1, 0.15) is 16.5 Å². The zero-order valence-corrected chi connectivity index (χ0v) is 18.5. The van der Waals surface area contributed by atoms with Crippen molar-refractivity contribution in [3.63, 3.8) is 0 Å². The molecule has 0 unspecified atom stereocenters. The van der Waals surface area contributed by atoms with Crippen LogP contribution >= 0.6 is 11.3 Å². The second-order valence-corrected chi connectivity index (χ2v) is 8.47. The number of hydrogen-bond donors (Lipinski definition) is 1. The van der Waals surface area contributed by atoms with E-state index in [1.54, 1.807) is 0 Å². The van der Waals surface area contributed by atoms with Crippen LogP contribution in [0, 0.1) is 13.8 Å². The molecule has 0 spiro atoms. The van der Waals surface area contributed by atoms with Gasteiger partial charge in [0.15, 0.2) is 10.8 Å². The summed E-state index contributed by atoms with van der Waals surface area (Å²) in [5.41, 5.74) is 1.68. The fourth-order valence-electron chi connectivity index (χ4n) is 3.53. The SMILES string of the molecule is CCN1CCN(c2ccc(CNC(=O)c3sc(-c4ccc(C)o4)nc3C)cn2)CC1. The minimum absolute atomic E-state index is 0.126. The van der Waals surface area contributed by atoms with Crippen molar-refractivity contribution in [3.8, 4) is 10.8 Å². The number of nitrogens with zero attached hydrogens (tertiary/aromatic N) is 4. The molecule has 1 saturated heterocycles. The Hall–Kier alpha value is -2.71. The lowest BCUT2D eigenvalue weighted by Gasteiger charge is -2.34. The van der Waals surface area contributed by atoms with Crippen molar-refractivity contribution in [1.82, 2.24) is 20.2 Å². The van der Waals surface area contributed by atoms with Crippen molar-refractivity contribution in [1.29, 1.82) is 0 Å². The Balaban J connectivity index is 1.35. The monoisotopic (exact) mass is 425 g/mol. The zero-order valence-electron chi connectivity index (χ0n) is 17.6. The lowest BCUT2D eigenvalue weighted by atomic mass is 10.2. The fourth-order valence-corrected chi connectivity index (χ4v) is 4.47. The molecule has 1 aliphatic rings. The van der Waals surface area contributed by atoms with Crippen LogP contribution < -0.4 is 10.2 Å². The van der Waals surface area contributed by atoms with Crippen molar-refractivity contribution >= 4 is 23.1 Å². The number of anilines is 1. The van der Waals surface area contributed by atoms with Gasteiger partial charge >= 0.3 is 0 Å². The lowest BCUT2D eigenvalue weighted by molar-refractivity contribution is 0.0954. The maximum absolute atomic E-state index is 12.7. The van der Waals surface area contributed by atoms with Crippen LogP contribution in [0.15, 0.2) is 34.9 Å². The van der Waals surface area contributed by atoms with Gasteiger partial charge < -0.3 is 19.5 Å². The van der Waals surface area contributed by atoms with Gasteiger partial charge in [-0.3, -0.25) is 4.79 Å². The van der Waals surface area contributed by atoms with Gasteiger partial charge in [0, 0.05) is 38.9 Å². The number of rotatable bonds is 6. The molecule has 3 aromatic heterocycles. The van der Waals surface area contributed by atoms with Crippen molar-refractivity contribution in [2.24, 2.45) is 0 Å². The van der Waals surface area contributed by atoms with Gasteiger partial charge in [-0.15, -0.1) is 11.3 Å². The zero-order chi connectivity index (χ0) is 21.1. The number of thiazole rings is 1. The predicted molar refractivity (Wildman–Crippen MR) is 119 cm³/mol. The van der Waals surface area contributed by atoms with Gasteiger partial charge in [-0.1, -0.05) is 13.0 Å². The summed E-state index contributed by atoms with van der Waals surface area (Å²) in [6.45, 7) is 11.6. The minimum atomic E-state index is -0.126. The first-order valence-electron chi connectivity index (χ1n) is 10.3. The summed E-state index contributed by atoms with van der Waals surface area (Å²) in [5, 5.41) is 3.70. The van der Waals surface area contributed by atoms with Crippen molar-refractivity contribution in [3.05, 3.63) is 52.4 Å². The van der Waals surface area contributed by atoms with E-state index < -0.39 is 0 Å². The molecule has 0 aliphatic carbocycles. The van der Waals surface area contributed by atoms with Gasteiger partial charge in [0.05, 0.1) is 5.69 Å². The molecule has 0 bridgehead atoms. The fraction of sp³-hybridized carbons (Fsp3) is 0.409. The predicted octanol–water partition coefficient (Wildman–Crippen LogP) is 3.49. The summed E-state index contributed by atoms with van der Waals surface area (Å²) < 4.78 is 5.62. The van der Waals surface area contributed by atoms with E-state index in [2.05, 4.69) is 32.0 Å². The van der Waals surface area contributed by atoms with E-state index in [4.69, 9.17) is 4.42 Å². The number of piperazine rings is 1. The molecule has 1 N–H and O–H groups in total. The van der Waals surface area contributed by atoms with Gasteiger partial charge in [-0.05, 0) is 44.2 Å². The Morgan fingerprint density at radius 1 is 1.17 bits per heavy atom. The maximum atomic E-state index is 12.7. The van der Waals surface area contributed by atoms with Crippen LogP contribution in [0.2, 0.25) is 0 Å². The molecule has 158 valence electrons. The number of furan rings is 1. The molecule has 3 aromatic rings. The molecule has 0 atom stereocenters. The van der Waals surface area contributed by atoms with E-state index in [1.807, 2.05) is 44.3 Å². The molecular weight excluding hydrogens is 398 g/mol. The molecular formula is C22H27N5O2S. The smallest absolute Gasteiger partial charge is 0.263 e. The van der Waals surface area contributed by atoms with Crippen LogP contribution in [0.5, 0.6) is 0 Å². The van der Waals surface area contributed by atoms with Gasteiger partial charge in [0.25, 0.3) is 5.91 Å². The number of amides is 1. The highest BCUT2D eigenvalue weighted by atomic mass is 32.1. The second-order valence-electron chi connectivity index (χ2n) is 7.47. The van der Waals surface area contributed by atoms with E-state index in [0.717, 1.165) is 54.9 Å². The van der Waals surface area contributed by atoms with Crippen LogP contribution in [-0.4, -0.2) is 53.5 Å². The van der Waals surface area contributed by atoms with Crippen LogP contribution in [0.1, 0.15) is 33.6 Å². The normalized spacial score (nSPS) is 14.8. The molecule has 8 heteroatoms. The Bertz CT molecular complexity index is 1000. The topological polar surface area (TPSA) is 74.5 Å². The van der Waals surface area contributed by atoms with Crippen molar-refractivity contribution in [2.75, 3.05) is 37.6 Å². The summed E-state index contributed by atoms with van der Waals surface area (Å²) in [6.07, 6.45) is 1.85. The van der Waals surface area contributed by atoms with Crippen LogP contribution in [0.25, 0.3) is 10.8 Å². The molecule has 30 heavy (non-hydrogen) atoms. The first-order chi connectivity index (χ1) is 14.5. The molecule has 0 aromatic carbocycles. The number of aromatic nitrogens is 2. The standard InChI is InChI=1S/C22H27N5O2S/c1-4-26-9-11-27(12-10-26)19-8-6-17(13-23-19)14-24-21(28)20-16(3)25-22(30-20)18-7-5-15(2)29-18/h5-8,13H,4,9-12,14H2,1-3H3,(H,24,28). The van der Waals surface area contributed by atoms with Crippen molar-refractivity contribution < 1.29 is 9.21 Å². The number of nitrogens with one attached hydrogen (secondary N) is 1. The molecule has 0 saturated carbocycles. The number of hydrogen-bond acceptors (Lipinski definition) is 7. The Kier molecular flexibility index (Phi) is 6.15. The van der Waals surface area contributed by atoms with Crippen LogP contribution in [0.4, 0.5) is 5.82 Å². The highest BCUT2D eigenvalue weighted by Gasteiger charge is 2.19. The quantitative estimate of drug-likeness (QED) is 0.652. The average molecular weight is 426 g/mol. The molecule has 1 amide bonds. The van der Waals surface area contributed by atoms with E-state index in [9.17, 15) is 4.79 Å². The number of aryl methyl sites for hydroxylation is 2. The Morgan fingerprint density at radius 2 is 1.97 bits per heavy atom. The number of pyridine rings is 1. The molecule has 7 nitrogen and oxygen atoms in total. The van der Waals surface area contributed by atoms with Gasteiger partial charge in [0.2, 0.25) is 0 Å². The van der Waals surface area contributed by atoms with Crippen molar-refractivity contribution in [2.45, 2.75) is 27.3 Å². The van der Waals surface area contributed by atoms with E-state index in [-0.39, 0.29) is 5.91 Å². The Labute approximate surface area is 180 Å². The van der Waals surface area contributed by atoms with E-state index in [0.29, 0.717) is 22.9 Å². The third-order valence-electron chi connectivity index (χ3n) is 5.36. The summed E-state index contributed by atoms with van der Waals surface area (Å²) >= 11 is 1.35. The molecule has 1 fully saturated rings. The maximum Gasteiger partial charge on any atom is 0.263 e. The number of carbonyl (C=O) groups is 1. The molecule has 1 aliphatic heterocycles. The highest BCUT2D eigenvalue weighted by Crippen LogP contribution is 2.29. The molecule has 4 rings (SSSR count). The summed E-state index contributed by atoms with van der Waals surface area (Å²) in [4.78, 5) is 27.1. The Morgan fingerprint density at radius 3 is 2.60 bits per heavy atom. The first-order valence-corrected chi connectivity index (χ1v) is 11.1. The minimum Gasteiger partial charge on any atom is -0.459 e. The van der Waals surface area contributed by atoms with Gasteiger partial charge in [-0.25, -0.2) is 9.97 Å². The van der Waals surface area contributed by atoms with E-state index in [1.165, 1.54) is 11.3 Å². The summed E-state index contributed by atoms with van der Waals surface area (Å²) in [6, 6.07) is 7.85. The molecule has 0 radical (unpaired) electrons. The lowest BCUT2D eigenvalue weighted by Crippen LogP contribution is -2.46. The van der Waals surface area contributed by atoms with Gasteiger partial charge in [-0.2, -0.15) is 0 Å². The number of likely N-dealkylation sites (N-methyl/N-ethyl adjacent to an activating group) is 1. The third kappa shape index (κ3) is 4.55. The summed E-state index contributed by atoms with van der Waals surface area (Å²) in [7, 11) is 0. The largest absolute Gasteiger partial charge is 0.459 e. The van der Waals surface area contributed by atoms with E-state index >= 15 is 0 Å². The summed E-state index contributed by atoms with van der Waals surface area (Å²) in [5.74, 6) is 2.39. The molecule has 4 heterocycles. The van der Waals surface area contributed by atoms with Crippen LogP contribution in [0.3, 0.4) is 0 Å². The average Bonchev–Trinajstić information content (AvgIpc) is 3.38. The highest BCUT2D eigenvalue weighted by molar-refractivity contribution is 7.17.